The van der Waals surface area contributed by atoms with Gasteiger partial charge in [0.2, 0.25) is 0 Å². The molecule has 126 valence electrons. The molecule has 6 nitrogen and oxygen atoms in total. The van der Waals surface area contributed by atoms with Crippen LogP contribution in [0.25, 0.3) is 0 Å². The van der Waals surface area contributed by atoms with E-state index in [9.17, 15) is 10.1 Å². The molecule has 0 aromatic carbocycles. The topological polar surface area (TPSA) is 81.9 Å². The third kappa shape index (κ3) is 4.30. The molecule has 0 radical (unpaired) electrons. The number of amides is 2. The summed E-state index contributed by atoms with van der Waals surface area (Å²) in [6.07, 6.45) is 5.57. The molecule has 1 N–H and O–H groups in total. The summed E-state index contributed by atoms with van der Waals surface area (Å²) in [5.74, 6) is 0. The molecule has 2 rings (SSSR count). The summed E-state index contributed by atoms with van der Waals surface area (Å²) in [6.45, 7) is 6.67. The quantitative estimate of drug-likeness (QED) is 0.922. The van der Waals surface area contributed by atoms with E-state index >= 15 is 0 Å². The average molecular weight is 343 g/mol. The zero-order valence-corrected chi connectivity index (χ0v) is 15.1. The number of nitrogens with one attached hydrogen (secondary N) is 1. The van der Waals surface area contributed by atoms with Crippen LogP contribution in [-0.2, 0) is 11.8 Å². The third-order valence-corrected chi connectivity index (χ3v) is 4.49. The lowest BCUT2D eigenvalue weighted by Crippen LogP contribution is -2.33. The van der Waals surface area contributed by atoms with E-state index in [4.69, 9.17) is 0 Å². The minimum atomic E-state index is -0.238. The monoisotopic (exact) mass is 343 g/mol. The molecule has 2 heterocycles. The Hall–Kier alpha value is -2.46. The van der Waals surface area contributed by atoms with Gasteiger partial charge in [0, 0.05) is 38.6 Å². The highest BCUT2D eigenvalue weighted by atomic mass is 32.1. The van der Waals surface area contributed by atoms with E-state index in [-0.39, 0.29) is 11.4 Å². The first-order valence-corrected chi connectivity index (χ1v) is 8.50. The SMILES string of the molecule is CN(CCc1cnccn1)C(=O)Nc1scc(C(C)(C)C)c1C#N. The summed E-state index contributed by atoms with van der Waals surface area (Å²) in [7, 11) is 1.72. The largest absolute Gasteiger partial charge is 0.327 e. The van der Waals surface area contributed by atoms with Crippen molar-refractivity contribution in [3.05, 3.63) is 40.8 Å². The predicted molar refractivity (Wildman–Crippen MR) is 95.1 cm³/mol. The fourth-order valence-electron chi connectivity index (χ4n) is 2.15. The summed E-state index contributed by atoms with van der Waals surface area (Å²) >= 11 is 1.38. The number of likely N-dealkylation sites (N-methyl/N-ethyl adjacent to an activating group) is 1. The Morgan fingerprint density at radius 3 is 2.75 bits per heavy atom. The van der Waals surface area contributed by atoms with Gasteiger partial charge in [-0.1, -0.05) is 20.8 Å². The number of carbonyl (C=O) groups is 1. The van der Waals surface area contributed by atoms with Crippen LogP contribution in [0, 0.1) is 11.3 Å². The number of nitrogens with zero attached hydrogens (tertiary/aromatic N) is 4. The molecule has 2 aromatic rings. The number of hydrogen-bond donors (Lipinski definition) is 1. The van der Waals surface area contributed by atoms with Crippen LogP contribution in [0.1, 0.15) is 37.6 Å². The van der Waals surface area contributed by atoms with Crippen molar-refractivity contribution in [3.63, 3.8) is 0 Å². The normalized spacial score (nSPS) is 11.0. The van der Waals surface area contributed by atoms with E-state index in [2.05, 4.69) is 42.1 Å². The second-order valence-corrected chi connectivity index (χ2v) is 7.39. The van der Waals surface area contributed by atoms with E-state index < -0.39 is 0 Å². The fraction of sp³-hybridized carbons (Fsp3) is 0.412. The Kier molecular flexibility index (Phi) is 5.52. The molecule has 2 amide bonds. The van der Waals surface area contributed by atoms with Gasteiger partial charge in [-0.3, -0.25) is 15.3 Å². The average Bonchev–Trinajstić information content (AvgIpc) is 2.96. The van der Waals surface area contributed by atoms with Gasteiger partial charge in [-0.15, -0.1) is 11.3 Å². The highest BCUT2D eigenvalue weighted by Gasteiger charge is 2.23. The van der Waals surface area contributed by atoms with Crippen LogP contribution in [0.2, 0.25) is 0 Å². The van der Waals surface area contributed by atoms with Crippen molar-refractivity contribution >= 4 is 22.4 Å². The van der Waals surface area contributed by atoms with E-state index in [1.54, 1.807) is 30.5 Å². The van der Waals surface area contributed by atoms with Crippen molar-refractivity contribution in [2.24, 2.45) is 0 Å². The number of hydrogen-bond acceptors (Lipinski definition) is 5. The molecule has 0 unspecified atom stereocenters. The number of anilines is 1. The standard InChI is InChI=1S/C17H21N5OS/c1-17(2,3)14-11-24-15(13(14)9-18)21-16(23)22(4)8-5-12-10-19-6-7-20-12/h6-7,10-11H,5,8H2,1-4H3,(H,21,23). The van der Waals surface area contributed by atoms with Gasteiger partial charge < -0.3 is 4.90 Å². The molecule has 0 aliphatic carbocycles. The van der Waals surface area contributed by atoms with Gasteiger partial charge in [-0.05, 0) is 16.4 Å². The maximum atomic E-state index is 12.3. The maximum absolute atomic E-state index is 12.3. The van der Waals surface area contributed by atoms with Crippen LogP contribution in [0.15, 0.2) is 24.0 Å². The third-order valence-electron chi connectivity index (χ3n) is 3.60. The van der Waals surface area contributed by atoms with Gasteiger partial charge in [0.25, 0.3) is 0 Å². The molecule has 24 heavy (non-hydrogen) atoms. The lowest BCUT2D eigenvalue weighted by atomic mass is 9.86. The van der Waals surface area contributed by atoms with Gasteiger partial charge in [0.1, 0.15) is 11.1 Å². The van der Waals surface area contributed by atoms with Crippen molar-refractivity contribution in [3.8, 4) is 6.07 Å². The molecule has 0 atom stereocenters. The van der Waals surface area contributed by atoms with Crippen LogP contribution in [0.4, 0.5) is 9.80 Å². The lowest BCUT2D eigenvalue weighted by molar-refractivity contribution is 0.223. The fourth-order valence-corrected chi connectivity index (χ4v) is 3.27. The first-order valence-electron chi connectivity index (χ1n) is 7.62. The van der Waals surface area contributed by atoms with Gasteiger partial charge in [0.15, 0.2) is 0 Å². The zero-order chi connectivity index (χ0) is 17.7. The van der Waals surface area contributed by atoms with Crippen molar-refractivity contribution in [2.45, 2.75) is 32.6 Å². The highest BCUT2D eigenvalue weighted by molar-refractivity contribution is 7.14. The maximum Gasteiger partial charge on any atom is 0.322 e. The molecule has 2 aromatic heterocycles. The molecule has 0 aliphatic heterocycles. The molecule has 0 saturated heterocycles. The van der Waals surface area contributed by atoms with Crippen LogP contribution in [-0.4, -0.2) is 34.5 Å². The van der Waals surface area contributed by atoms with Crippen LogP contribution in [0.3, 0.4) is 0 Å². The van der Waals surface area contributed by atoms with Gasteiger partial charge in [0.05, 0.1) is 11.3 Å². The Bertz CT molecular complexity index is 743. The lowest BCUT2D eigenvalue weighted by Gasteiger charge is -2.19. The molecule has 0 aliphatic rings. The minimum absolute atomic E-state index is 0.136. The Labute approximate surface area is 146 Å². The van der Waals surface area contributed by atoms with Crippen LogP contribution >= 0.6 is 11.3 Å². The van der Waals surface area contributed by atoms with E-state index in [1.165, 1.54) is 11.3 Å². The van der Waals surface area contributed by atoms with Gasteiger partial charge in [-0.2, -0.15) is 5.26 Å². The van der Waals surface area contributed by atoms with Gasteiger partial charge in [-0.25, -0.2) is 4.79 Å². The second kappa shape index (κ2) is 7.41. The summed E-state index contributed by atoms with van der Waals surface area (Å²) in [4.78, 5) is 22.1. The number of carbonyl (C=O) groups excluding carboxylic acids is 1. The van der Waals surface area contributed by atoms with E-state index in [0.29, 0.717) is 23.5 Å². The molecule has 0 fully saturated rings. The second-order valence-electron chi connectivity index (χ2n) is 6.51. The molecular formula is C17H21N5OS. The number of nitriles is 1. The number of thiophene rings is 1. The predicted octanol–water partition coefficient (Wildman–Crippen LogP) is 3.41. The number of aromatic nitrogens is 2. The summed E-state index contributed by atoms with van der Waals surface area (Å²) in [5, 5.41) is 14.8. The molecule has 7 heteroatoms. The first kappa shape index (κ1) is 17.9. The van der Waals surface area contributed by atoms with Crippen LogP contribution in [0.5, 0.6) is 0 Å². The van der Waals surface area contributed by atoms with E-state index in [0.717, 1.165) is 11.3 Å². The Morgan fingerprint density at radius 1 is 1.42 bits per heavy atom. The highest BCUT2D eigenvalue weighted by Crippen LogP contribution is 2.35. The molecule has 0 saturated carbocycles. The summed E-state index contributed by atoms with van der Waals surface area (Å²) < 4.78 is 0. The summed E-state index contributed by atoms with van der Waals surface area (Å²) in [6, 6.07) is 1.97. The smallest absolute Gasteiger partial charge is 0.322 e. The Balaban J connectivity index is 2.02. The summed E-state index contributed by atoms with van der Waals surface area (Å²) in [5.41, 5.74) is 2.19. The number of rotatable bonds is 4. The van der Waals surface area contributed by atoms with Crippen molar-refractivity contribution < 1.29 is 4.79 Å². The minimum Gasteiger partial charge on any atom is -0.327 e. The van der Waals surface area contributed by atoms with Gasteiger partial charge >= 0.3 is 6.03 Å². The number of urea groups is 1. The van der Waals surface area contributed by atoms with E-state index in [1.807, 2.05) is 5.38 Å². The molecule has 0 spiro atoms. The van der Waals surface area contributed by atoms with Crippen molar-refractivity contribution in [1.29, 1.82) is 5.26 Å². The Morgan fingerprint density at radius 2 is 2.17 bits per heavy atom. The van der Waals surface area contributed by atoms with Crippen LogP contribution < -0.4 is 5.32 Å². The van der Waals surface area contributed by atoms with Crippen molar-refractivity contribution in [2.75, 3.05) is 18.9 Å². The first-order chi connectivity index (χ1) is 11.3. The van der Waals surface area contributed by atoms with Crippen molar-refractivity contribution in [1.82, 2.24) is 14.9 Å². The molecular weight excluding hydrogens is 322 g/mol. The zero-order valence-electron chi connectivity index (χ0n) is 14.3. The molecule has 0 bridgehead atoms.